The van der Waals surface area contributed by atoms with Gasteiger partial charge >= 0.3 is 0 Å². The molecule has 5 heterocycles. The zero-order valence-electron chi connectivity index (χ0n) is 20.0. The summed E-state index contributed by atoms with van der Waals surface area (Å²) in [6.07, 6.45) is 1.13. The van der Waals surface area contributed by atoms with Gasteiger partial charge in [0.2, 0.25) is 0 Å². The number of carbonyl (C=O) groups excluding carboxylic acids is 1. The maximum absolute atomic E-state index is 15.2. The topological polar surface area (TPSA) is 110 Å². The van der Waals surface area contributed by atoms with Gasteiger partial charge in [-0.3, -0.25) is 4.79 Å². The van der Waals surface area contributed by atoms with Crippen molar-refractivity contribution in [1.82, 2.24) is 19.9 Å². The van der Waals surface area contributed by atoms with Gasteiger partial charge < -0.3 is 29.2 Å². The second kappa shape index (κ2) is 8.90. The van der Waals surface area contributed by atoms with Crippen LogP contribution in [0, 0.1) is 5.82 Å². The zero-order chi connectivity index (χ0) is 25.3. The summed E-state index contributed by atoms with van der Waals surface area (Å²) in [5, 5.41) is 10.4. The molecule has 1 aliphatic carbocycles. The number of hydrogen-bond donors (Lipinski definition) is 2. The number of ether oxygens (including phenoxy) is 3. The van der Waals surface area contributed by atoms with Gasteiger partial charge in [0.1, 0.15) is 24.1 Å². The molecule has 0 bridgehead atoms. The number of nitrogens with zero attached hydrogens (tertiary/aromatic N) is 3. The van der Waals surface area contributed by atoms with E-state index < -0.39 is 18.3 Å². The fourth-order valence-electron chi connectivity index (χ4n) is 5.90. The number of fused-ring (bicyclic) bond motifs is 3. The Morgan fingerprint density at radius 2 is 2.05 bits per heavy atom. The Morgan fingerprint density at radius 3 is 2.86 bits per heavy atom. The van der Waals surface area contributed by atoms with Gasteiger partial charge in [0.25, 0.3) is 11.9 Å². The minimum atomic E-state index is -0.657. The van der Waals surface area contributed by atoms with Gasteiger partial charge in [-0.05, 0) is 60.9 Å². The van der Waals surface area contributed by atoms with Crippen LogP contribution in [0.1, 0.15) is 45.9 Å². The first-order chi connectivity index (χ1) is 17.9. The fourth-order valence-corrected chi connectivity index (χ4v) is 6.12. The number of hydrogen-bond acceptors (Lipinski definition) is 7. The summed E-state index contributed by atoms with van der Waals surface area (Å²) in [5.41, 5.74) is 3.67. The Hall–Kier alpha value is -2.79. The predicted molar refractivity (Wildman–Crippen MR) is 130 cm³/mol. The van der Waals surface area contributed by atoms with Crippen LogP contribution in [0.4, 0.5) is 4.39 Å². The van der Waals surface area contributed by atoms with Crippen molar-refractivity contribution in [2.24, 2.45) is 0 Å². The number of likely N-dealkylation sites (tertiary alicyclic amines) is 1. The quantitative estimate of drug-likeness (QED) is 0.524. The third-order valence-corrected chi connectivity index (χ3v) is 8.27. The van der Waals surface area contributed by atoms with Crippen molar-refractivity contribution in [2.75, 3.05) is 26.3 Å². The molecule has 0 spiro atoms. The zero-order valence-corrected chi connectivity index (χ0v) is 20.7. The number of rotatable bonds is 5. The lowest BCUT2D eigenvalue weighted by atomic mass is 9.94. The van der Waals surface area contributed by atoms with Crippen molar-refractivity contribution in [3.8, 4) is 6.01 Å². The van der Waals surface area contributed by atoms with Crippen LogP contribution in [0.25, 0.3) is 11.2 Å². The minimum Gasteiger partial charge on any atom is -0.456 e. The van der Waals surface area contributed by atoms with Gasteiger partial charge in [-0.25, -0.2) is 9.37 Å². The highest BCUT2D eigenvalue weighted by molar-refractivity contribution is 6.31. The summed E-state index contributed by atoms with van der Waals surface area (Å²) in [4.78, 5) is 26.6. The molecule has 5 atom stereocenters. The third-order valence-electron chi connectivity index (χ3n) is 7.94. The average molecular weight is 529 g/mol. The van der Waals surface area contributed by atoms with E-state index >= 15 is 4.39 Å². The minimum absolute atomic E-state index is 0.0845. The van der Waals surface area contributed by atoms with Crippen LogP contribution in [0.5, 0.6) is 6.01 Å². The molecule has 2 aromatic heterocycles. The van der Waals surface area contributed by atoms with E-state index in [9.17, 15) is 9.90 Å². The monoisotopic (exact) mass is 528 g/mol. The van der Waals surface area contributed by atoms with Crippen molar-refractivity contribution in [1.29, 1.82) is 0 Å². The largest absolute Gasteiger partial charge is 0.456 e. The molecule has 9 nitrogen and oxygen atoms in total. The highest BCUT2D eigenvalue weighted by atomic mass is 35.5. The molecule has 11 heteroatoms. The van der Waals surface area contributed by atoms with E-state index in [-0.39, 0.29) is 36.4 Å². The van der Waals surface area contributed by atoms with E-state index in [0.717, 1.165) is 31.5 Å². The molecule has 3 fully saturated rings. The van der Waals surface area contributed by atoms with Gasteiger partial charge in [-0.15, -0.1) is 0 Å². The number of aliphatic hydroxyl groups excluding tert-OH is 1. The second-order valence-corrected chi connectivity index (χ2v) is 10.7. The maximum atomic E-state index is 15.2. The summed E-state index contributed by atoms with van der Waals surface area (Å²) in [6, 6.07) is 5.24. The van der Waals surface area contributed by atoms with Gasteiger partial charge in [-0.1, -0.05) is 11.6 Å². The molecule has 3 aliphatic heterocycles. The standard InChI is InChI=1S/C26H26ClFN4O5/c27-15-9-18-24(31-26(30-18)37-20-11-36-22-19(33)10-35-23(20)22)29-17(15)8-13-3-2-12-6-14(7-16(28)21(12)13)25(34)32-4-1-5-32/h6-7,9,13,19-20,22-23,33H,1-5,8,10-11H2,(H,29,30,31)/t13?,19-,20-,22-,23-/m1/s1. The van der Waals surface area contributed by atoms with E-state index in [0.29, 0.717) is 52.5 Å². The van der Waals surface area contributed by atoms with Gasteiger partial charge in [0.15, 0.2) is 11.8 Å². The molecule has 3 saturated heterocycles. The molecular formula is C26H26ClFN4O5. The lowest BCUT2D eigenvalue weighted by Gasteiger charge is -2.31. The van der Waals surface area contributed by atoms with Crippen molar-refractivity contribution in [2.45, 2.75) is 56.0 Å². The Labute approximate surface area is 216 Å². The molecule has 1 amide bonds. The predicted octanol–water partition coefficient (Wildman–Crippen LogP) is 2.77. The molecule has 37 heavy (non-hydrogen) atoms. The number of nitrogens with one attached hydrogen (secondary N) is 1. The number of benzene rings is 1. The molecule has 1 aromatic carbocycles. The first kappa shape index (κ1) is 23.3. The summed E-state index contributed by atoms with van der Waals surface area (Å²) in [6.45, 7) is 1.98. The van der Waals surface area contributed by atoms with Crippen LogP contribution in [0.3, 0.4) is 0 Å². The number of aromatic amines is 1. The SMILES string of the molecule is O=C(c1cc(F)c2c(c1)CCC2Cc1nc2nc(O[C@@H]3CO[C@H]4[C@@H]3OC[C@H]4O)[nH]c2cc1Cl)N1CCC1. The summed E-state index contributed by atoms with van der Waals surface area (Å²) >= 11 is 6.58. The summed E-state index contributed by atoms with van der Waals surface area (Å²) in [7, 11) is 0. The van der Waals surface area contributed by atoms with Crippen LogP contribution < -0.4 is 4.74 Å². The molecule has 4 aliphatic rings. The first-order valence-electron chi connectivity index (χ1n) is 12.7. The molecule has 194 valence electrons. The number of amides is 1. The Morgan fingerprint density at radius 1 is 1.22 bits per heavy atom. The van der Waals surface area contributed by atoms with Gasteiger partial charge in [0, 0.05) is 18.7 Å². The molecule has 1 unspecified atom stereocenters. The lowest BCUT2D eigenvalue weighted by molar-refractivity contribution is 0.00706. The molecule has 0 radical (unpaired) electrons. The van der Waals surface area contributed by atoms with E-state index in [1.165, 1.54) is 6.07 Å². The van der Waals surface area contributed by atoms with Gasteiger partial charge in [0.05, 0.1) is 29.4 Å². The number of H-pyrrole nitrogens is 1. The Balaban J connectivity index is 1.10. The number of halogens is 2. The number of aliphatic hydroxyl groups is 1. The molecule has 7 rings (SSSR count). The number of carbonyl (C=O) groups is 1. The molecule has 3 aromatic rings. The number of aryl methyl sites for hydroxylation is 1. The maximum Gasteiger partial charge on any atom is 0.296 e. The van der Waals surface area contributed by atoms with E-state index in [1.807, 2.05) is 6.07 Å². The highest BCUT2D eigenvalue weighted by Crippen LogP contribution is 2.39. The normalized spacial score (nSPS) is 28.4. The van der Waals surface area contributed by atoms with Crippen molar-refractivity contribution >= 4 is 28.7 Å². The van der Waals surface area contributed by atoms with E-state index in [4.69, 9.17) is 25.8 Å². The Bertz CT molecular complexity index is 1400. The van der Waals surface area contributed by atoms with Crippen LogP contribution in [-0.2, 0) is 22.3 Å². The fraction of sp³-hybridized carbons (Fsp3) is 0.500. The third kappa shape index (κ3) is 3.98. The van der Waals surface area contributed by atoms with E-state index in [2.05, 4.69) is 15.0 Å². The highest BCUT2D eigenvalue weighted by Gasteiger charge is 2.48. The first-order valence-corrected chi connectivity index (χ1v) is 13.1. The van der Waals surface area contributed by atoms with E-state index in [1.54, 1.807) is 11.0 Å². The Kier molecular flexibility index (Phi) is 5.62. The van der Waals surface area contributed by atoms with Gasteiger partial charge in [-0.2, -0.15) is 4.98 Å². The van der Waals surface area contributed by atoms with Crippen molar-refractivity contribution < 1.29 is 28.5 Å². The van der Waals surface area contributed by atoms with Crippen LogP contribution in [-0.4, -0.2) is 81.6 Å². The molecular weight excluding hydrogens is 503 g/mol. The van der Waals surface area contributed by atoms with Crippen LogP contribution >= 0.6 is 11.6 Å². The molecule has 0 saturated carbocycles. The smallest absolute Gasteiger partial charge is 0.296 e. The van der Waals surface area contributed by atoms with Crippen LogP contribution in [0.2, 0.25) is 5.02 Å². The lowest BCUT2D eigenvalue weighted by Crippen LogP contribution is -2.42. The molecule has 2 N–H and O–H groups in total. The summed E-state index contributed by atoms with van der Waals surface area (Å²) in [5.74, 6) is -0.523. The van der Waals surface area contributed by atoms with Crippen molar-refractivity contribution in [3.05, 3.63) is 51.4 Å². The average Bonchev–Trinajstić information content (AvgIpc) is 3.59. The van der Waals surface area contributed by atoms with Crippen LogP contribution in [0.15, 0.2) is 18.2 Å². The second-order valence-electron chi connectivity index (χ2n) is 10.3. The summed E-state index contributed by atoms with van der Waals surface area (Å²) < 4.78 is 32.4. The van der Waals surface area contributed by atoms with Crippen molar-refractivity contribution in [3.63, 3.8) is 0 Å². The number of imidazole rings is 1. The number of aromatic nitrogens is 3. The number of pyridine rings is 1.